The maximum absolute atomic E-state index is 13.9. The first-order chi connectivity index (χ1) is 31.3. The van der Waals surface area contributed by atoms with E-state index in [0.29, 0.717) is 12.8 Å². The lowest BCUT2D eigenvalue weighted by molar-refractivity contribution is -0.324. The Labute approximate surface area is 387 Å². The molecule has 66 heavy (non-hydrogen) atoms. The molecule has 4 aliphatic carbocycles. The summed E-state index contributed by atoms with van der Waals surface area (Å²) in [5.41, 5.74) is -0.201. The van der Waals surface area contributed by atoms with E-state index in [0.717, 1.165) is 31.3 Å². The average molecular weight is 935 g/mol. The lowest BCUT2D eigenvalue weighted by Crippen LogP contribution is -2.62. The molecule has 0 bridgehead atoms. The SMILES string of the molecule is COc1cc(C(=O)O[C@H]2[C@@H](O[C@H]3C[C@H]4[C@@H]5CC=C6C[C@@H](O)CC(O[C@@H]7O[C@H](CO)[C@@H](O)[C@H](O)[C@H]7O)[C@]6(C)[C@H]5CC[C@]4(C)[C@H]3[C@H](C)C/C=C/C(C)(C)OC)OC[C@H](O)[C@@H]2O)cc(OC)c1OC. The molecule has 17 nitrogen and oxygen atoms in total. The third-order valence-corrected chi connectivity index (χ3v) is 16.4. The third-order valence-electron chi connectivity index (χ3n) is 16.4. The van der Waals surface area contributed by atoms with Crippen molar-refractivity contribution in [1.82, 2.24) is 0 Å². The Hall–Kier alpha value is -2.91. The predicted octanol–water partition coefficient (Wildman–Crippen LogP) is 3.05. The fourth-order valence-corrected chi connectivity index (χ4v) is 12.8. The Morgan fingerprint density at radius 3 is 2.24 bits per heavy atom. The zero-order chi connectivity index (χ0) is 48.0. The molecule has 19 atom stereocenters. The van der Waals surface area contributed by atoms with E-state index < -0.39 is 97.2 Å². The number of aliphatic hydroxyl groups excluding tert-OH is 7. The number of methoxy groups -OCH3 is 4. The topological polar surface area (TPSA) is 242 Å². The van der Waals surface area contributed by atoms with Crippen LogP contribution in [0.3, 0.4) is 0 Å². The van der Waals surface area contributed by atoms with Gasteiger partial charge >= 0.3 is 5.97 Å². The second-order valence-corrected chi connectivity index (χ2v) is 20.5. The van der Waals surface area contributed by atoms with Crippen LogP contribution in [0.15, 0.2) is 35.9 Å². The number of aliphatic hydroxyl groups is 7. The summed E-state index contributed by atoms with van der Waals surface area (Å²) in [7, 11) is 5.98. The summed E-state index contributed by atoms with van der Waals surface area (Å²) in [6.07, 6.45) is -3.61. The largest absolute Gasteiger partial charge is 0.493 e. The normalized spacial score (nSPS) is 41.8. The van der Waals surface area contributed by atoms with Crippen molar-refractivity contribution >= 4 is 5.97 Å². The van der Waals surface area contributed by atoms with E-state index in [1.165, 1.54) is 33.5 Å². The second-order valence-electron chi connectivity index (χ2n) is 20.5. The van der Waals surface area contributed by atoms with Crippen LogP contribution in [0.25, 0.3) is 0 Å². The van der Waals surface area contributed by atoms with Gasteiger partial charge in [0.05, 0.1) is 64.0 Å². The van der Waals surface area contributed by atoms with Gasteiger partial charge in [0, 0.05) is 18.9 Å². The number of hydrogen-bond donors (Lipinski definition) is 7. The minimum absolute atomic E-state index is 0.0367. The van der Waals surface area contributed by atoms with Crippen molar-refractivity contribution in [1.29, 1.82) is 0 Å². The molecule has 3 saturated carbocycles. The van der Waals surface area contributed by atoms with Crippen LogP contribution in [0, 0.1) is 40.4 Å². The van der Waals surface area contributed by atoms with E-state index in [1.54, 1.807) is 7.11 Å². The third kappa shape index (κ3) is 9.41. The van der Waals surface area contributed by atoms with Gasteiger partial charge in [-0.25, -0.2) is 4.79 Å². The summed E-state index contributed by atoms with van der Waals surface area (Å²) in [4.78, 5) is 13.9. The number of fused-ring (bicyclic) bond motifs is 5. The first kappa shape index (κ1) is 51.0. The highest BCUT2D eigenvalue weighted by atomic mass is 16.7. The van der Waals surface area contributed by atoms with Gasteiger partial charge < -0.3 is 78.4 Å². The van der Waals surface area contributed by atoms with Crippen molar-refractivity contribution in [2.45, 2.75) is 159 Å². The van der Waals surface area contributed by atoms with Crippen molar-refractivity contribution in [3.8, 4) is 17.2 Å². The van der Waals surface area contributed by atoms with Crippen molar-refractivity contribution in [3.05, 3.63) is 41.5 Å². The smallest absolute Gasteiger partial charge is 0.338 e. The lowest BCUT2D eigenvalue weighted by Gasteiger charge is -2.60. The standard InChI is InChI=1S/C49H74O17/c1-24(11-10-15-47(2,3)61-9)37-32(63-46-43(38(53)31(52)23-62-46)66-44(57)25-17-33(58-6)42(60-8)34(18-25)59-7)21-30-28-13-12-26-19-27(51)20-36(49(26,5)29(28)14-16-48(30,37)4)65-45-41(56)40(55)39(54)35(22-50)64-45/h10,12,15,17-18,24,27-32,35-41,43,45-46,50-56H,11,13-14,16,19-23H2,1-9H3/b15-10+/t24-,27-,28-,29+,30+,31+,32+,35-,36?,37+,38+,39-,40+,41-,43-,45+,46-,48+,49+/m1/s1. The second kappa shape index (κ2) is 20.2. The molecule has 2 heterocycles. The quantitative estimate of drug-likeness (QED) is 0.0988. The van der Waals surface area contributed by atoms with Crippen LogP contribution in [-0.4, -0.2) is 163 Å². The Balaban J connectivity index is 1.20. The molecule has 0 amide bonds. The molecule has 5 fully saturated rings. The monoisotopic (exact) mass is 934 g/mol. The van der Waals surface area contributed by atoms with Crippen LogP contribution in [0.2, 0.25) is 0 Å². The van der Waals surface area contributed by atoms with Gasteiger partial charge in [-0.05, 0) is 99.5 Å². The molecular formula is C49H74O17. The number of benzene rings is 1. The van der Waals surface area contributed by atoms with Crippen molar-refractivity contribution in [2.24, 2.45) is 40.4 Å². The molecule has 6 aliphatic rings. The van der Waals surface area contributed by atoms with Crippen LogP contribution in [0.5, 0.6) is 17.2 Å². The van der Waals surface area contributed by atoms with Gasteiger partial charge in [0.15, 0.2) is 30.2 Å². The molecule has 1 aromatic carbocycles. The van der Waals surface area contributed by atoms with Gasteiger partial charge in [0.25, 0.3) is 0 Å². The maximum atomic E-state index is 13.9. The van der Waals surface area contributed by atoms with Crippen LogP contribution >= 0.6 is 0 Å². The fraction of sp³-hybridized carbons (Fsp3) is 0.776. The number of ether oxygens (including phenoxy) is 9. The number of rotatable bonds is 15. The summed E-state index contributed by atoms with van der Waals surface area (Å²) in [6, 6.07) is 2.89. The van der Waals surface area contributed by atoms with Gasteiger partial charge in [0.2, 0.25) is 5.75 Å². The molecule has 2 aliphatic heterocycles. The van der Waals surface area contributed by atoms with E-state index in [9.17, 15) is 40.5 Å². The highest BCUT2D eigenvalue weighted by molar-refractivity contribution is 5.91. The minimum atomic E-state index is -1.61. The highest BCUT2D eigenvalue weighted by Crippen LogP contribution is 2.68. The Kier molecular flexibility index (Phi) is 15.6. The molecule has 1 unspecified atom stereocenters. The van der Waals surface area contributed by atoms with Crippen LogP contribution in [-0.2, 0) is 28.4 Å². The number of carbonyl (C=O) groups is 1. The molecular weight excluding hydrogens is 861 g/mol. The van der Waals surface area contributed by atoms with Crippen LogP contribution in [0.4, 0.5) is 0 Å². The molecule has 1 aromatic rings. The highest BCUT2D eigenvalue weighted by Gasteiger charge is 2.65. The molecule has 7 rings (SSSR count). The van der Waals surface area contributed by atoms with Gasteiger partial charge in [-0.3, -0.25) is 0 Å². The number of carbonyl (C=O) groups excluding carboxylic acids is 1. The molecule has 0 spiro atoms. The number of allylic oxidation sites excluding steroid dienone is 2. The average Bonchev–Trinajstić information content (AvgIpc) is 3.60. The van der Waals surface area contributed by atoms with Gasteiger partial charge in [0.1, 0.15) is 36.6 Å². The zero-order valence-electron chi connectivity index (χ0n) is 39.8. The molecule has 7 N–H and O–H groups in total. The molecule has 2 saturated heterocycles. The van der Waals surface area contributed by atoms with Crippen molar-refractivity contribution < 1.29 is 83.2 Å². The van der Waals surface area contributed by atoms with E-state index in [4.69, 9.17) is 42.6 Å². The Morgan fingerprint density at radius 2 is 1.61 bits per heavy atom. The molecule has 372 valence electrons. The minimum Gasteiger partial charge on any atom is -0.493 e. The fourth-order valence-electron chi connectivity index (χ4n) is 12.8. The number of hydrogen-bond acceptors (Lipinski definition) is 17. The van der Waals surface area contributed by atoms with E-state index in [2.05, 4.69) is 39.0 Å². The molecule has 17 heteroatoms. The summed E-state index contributed by atoms with van der Waals surface area (Å²) >= 11 is 0. The van der Waals surface area contributed by atoms with Gasteiger partial charge in [-0.15, -0.1) is 0 Å². The first-order valence-corrected chi connectivity index (χ1v) is 23.5. The maximum Gasteiger partial charge on any atom is 0.338 e. The predicted molar refractivity (Wildman–Crippen MR) is 237 cm³/mol. The lowest BCUT2D eigenvalue weighted by atomic mass is 9.46. The summed E-state index contributed by atoms with van der Waals surface area (Å²) < 4.78 is 53.7. The number of esters is 1. The Bertz CT molecular complexity index is 1880. The van der Waals surface area contributed by atoms with Gasteiger partial charge in [-0.1, -0.05) is 44.6 Å². The van der Waals surface area contributed by atoms with Crippen LogP contribution < -0.4 is 14.2 Å². The van der Waals surface area contributed by atoms with Gasteiger partial charge in [-0.2, -0.15) is 0 Å². The molecule has 0 radical (unpaired) electrons. The summed E-state index contributed by atoms with van der Waals surface area (Å²) in [5.74, 6) is 0.280. The van der Waals surface area contributed by atoms with E-state index >= 15 is 0 Å². The van der Waals surface area contributed by atoms with Crippen molar-refractivity contribution in [3.63, 3.8) is 0 Å². The van der Waals surface area contributed by atoms with Crippen molar-refractivity contribution in [2.75, 3.05) is 41.7 Å². The van der Waals surface area contributed by atoms with E-state index in [-0.39, 0.29) is 70.8 Å². The van der Waals surface area contributed by atoms with Crippen LogP contribution in [0.1, 0.15) is 89.9 Å². The Morgan fingerprint density at radius 1 is 0.909 bits per heavy atom. The zero-order valence-corrected chi connectivity index (χ0v) is 39.8. The summed E-state index contributed by atoms with van der Waals surface area (Å²) in [6.45, 7) is 9.90. The van der Waals surface area contributed by atoms with E-state index in [1.807, 2.05) is 13.8 Å². The summed E-state index contributed by atoms with van der Waals surface area (Å²) in [5, 5.41) is 75.6. The first-order valence-electron chi connectivity index (χ1n) is 23.5. The molecule has 0 aromatic heterocycles.